The molecule has 7 heteroatoms. The van der Waals surface area contributed by atoms with Crippen LogP contribution in [-0.4, -0.2) is 9.91 Å². The lowest BCUT2D eigenvalue weighted by Gasteiger charge is -2.11. The largest absolute Gasteiger partial charge is 0.867 e. The molecule has 0 fully saturated rings. The highest BCUT2D eigenvalue weighted by atomic mass is 35.5. The Morgan fingerprint density at radius 1 is 1.12 bits per heavy atom. The van der Waals surface area contributed by atoms with Gasteiger partial charge in [-0.25, -0.2) is 0 Å². The highest BCUT2D eigenvalue weighted by Gasteiger charge is 2.11. The molecule has 0 amide bonds. The molecule has 0 saturated carbocycles. The third-order valence-electron chi connectivity index (χ3n) is 3.46. The highest BCUT2D eigenvalue weighted by Crippen LogP contribution is 2.32. The van der Waals surface area contributed by atoms with Gasteiger partial charge in [0.2, 0.25) is 0 Å². The Hall–Kier alpha value is -3.12. The van der Waals surface area contributed by atoms with Crippen molar-refractivity contribution >= 4 is 40.3 Å². The summed E-state index contributed by atoms with van der Waals surface area (Å²) in [6.07, 6.45) is 2.89. The zero-order valence-electron chi connectivity index (χ0n) is 12.2. The van der Waals surface area contributed by atoms with Crippen LogP contribution in [0.3, 0.4) is 0 Å². The summed E-state index contributed by atoms with van der Waals surface area (Å²) in [7, 11) is 0. The predicted molar refractivity (Wildman–Crippen MR) is 91.0 cm³/mol. The predicted octanol–water partition coefficient (Wildman–Crippen LogP) is 3.33. The van der Waals surface area contributed by atoms with Crippen LogP contribution in [-0.2, 0) is 0 Å². The van der Waals surface area contributed by atoms with Crippen molar-refractivity contribution in [3.05, 3.63) is 79.1 Å². The molecule has 0 aliphatic carbocycles. The van der Waals surface area contributed by atoms with Crippen LogP contribution in [0.1, 0.15) is 11.3 Å². The van der Waals surface area contributed by atoms with Crippen LogP contribution >= 0.6 is 11.6 Å². The van der Waals surface area contributed by atoms with Crippen molar-refractivity contribution in [2.24, 2.45) is 0 Å². The molecule has 24 heavy (non-hydrogen) atoms. The zero-order valence-corrected chi connectivity index (χ0v) is 12.9. The lowest BCUT2D eigenvalue weighted by Crippen LogP contribution is -2.02. The van der Waals surface area contributed by atoms with Crippen molar-refractivity contribution < 1.29 is 10.0 Å². The maximum atomic E-state index is 12.0. The fourth-order valence-electron chi connectivity index (χ4n) is 2.35. The minimum Gasteiger partial charge on any atom is -0.867 e. The van der Waals surface area contributed by atoms with Crippen molar-refractivity contribution in [3.8, 4) is 5.75 Å². The van der Waals surface area contributed by atoms with E-state index in [1.165, 1.54) is 24.3 Å². The quantitative estimate of drug-likeness (QED) is 0.583. The van der Waals surface area contributed by atoms with Gasteiger partial charge >= 0.3 is 0 Å². The molecule has 1 aromatic heterocycles. The number of nitro benzene ring substituents is 1. The van der Waals surface area contributed by atoms with E-state index in [2.05, 4.69) is 4.98 Å². The second kappa shape index (κ2) is 6.17. The number of aromatic nitrogens is 1. The minimum absolute atomic E-state index is 0.0724. The number of rotatable bonds is 3. The molecule has 3 rings (SSSR count). The van der Waals surface area contributed by atoms with Crippen molar-refractivity contribution in [2.45, 2.75) is 0 Å². The molecule has 2 aromatic carbocycles. The van der Waals surface area contributed by atoms with Gasteiger partial charge < -0.3 is 10.1 Å². The minimum atomic E-state index is -0.774. The van der Waals surface area contributed by atoms with Crippen molar-refractivity contribution in [3.63, 3.8) is 0 Å². The molecule has 120 valence electrons. The number of hydrogen-bond acceptors (Lipinski definition) is 4. The molecule has 6 nitrogen and oxygen atoms in total. The second-order valence-electron chi connectivity index (χ2n) is 5.07. The molecule has 0 saturated heterocycles. The van der Waals surface area contributed by atoms with Gasteiger partial charge in [0, 0.05) is 33.8 Å². The van der Waals surface area contributed by atoms with Gasteiger partial charge in [-0.2, -0.15) is 0 Å². The van der Waals surface area contributed by atoms with E-state index < -0.39 is 16.4 Å². The summed E-state index contributed by atoms with van der Waals surface area (Å²) in [6, 6.07) is 10.8. The van der Waals surface area contributed by atoms with Gasteiger partial charge in [-0.1, -0.05) is 29.8 Å². The Kier molecular flexibility index (Phi) is 4.05. The molecular formula is C17H10ClN2O4-. The van der Waals surface area contributed by atoms with E-state index in [1.54, 1.807) is 24.3 Å². The number of aromatic amines is 1. The van der Waals surface area contributed by atoms with Crippen molar-refractivity contribution in [1.82, 2.24) is 4.98 Å². The average molecular weight is 342 g/mol. The number of halogens is 1. The van der Waals surface area contributed by atoms with Crippen LogP contribution < -0.4 is 10.5 Å². The fraction of sp³-hybridized carbons (Fsp3) is 0. The number of hydrogen-bond donors (Lipinski definition) is 1. The van der Waals surface area contributed by atoms with Gasteiger partial charge in [0.15, 0.2) is 5.43 Å². The number of fused-ring (bicyclic) bond motifs is 1. The second-order valence-corrected chi connectivity index (χ2v) is 5.50. The first kappa shape index (κ1) is 15.8. The van der Waals surface area contributed by atoms with Crippen LogP contribution in [0.25, 0.3) is 23.1 Å². The summed E-state index contributed by atoms with van der Waals surface area (Å²) in [6.45, 7) is 0. The first-order valence-electron chi connectivity index (χ1n) is 6.91. The summed E-state index contributed by atoms with van der Waals surface area (Å²) in [5.41, 5.74) is 0.450. The van der Waals surface area contributed by atoms with E-state index in [0.29, 0.717) is 16.6 Å². The topological polar surface area (TPSA) is 99.1 Å². The lowest BCUT2D eigenvalue weighted by atomic mass is 10.1. The Labute approximate surface area is 140 Å². The monoisotopic (exact) mass is 341 g/mol. The first-order valence-corrected chi connectivity index (χ1v) is 7.28. The number of pyridine rings is 1. The van der Waals surface area contributed by atoms with E-state index in [-0.39, 0.29) is 16.0 Å². The Balaban J connectivity index is 2.06. The van der Waals surface area contributed by atoms with E-state index in [1.807, 2.05) is 0 Å². The van der Waals surface area contributed by atoms with Gasteiger partial charge in [-0.05, 0) is 35.6 Å². The number of H-pyrrole nitrogens is 1. The van der Waals surface area contributed by atoms with E-state index in [0.717, 1.165) is 6.07 Å². The van der Waals surface area contributed by atoms with Gasteiger partial charge in [-0.3, -0.25) is 14.9 Å². The molecule has 0 spiro atoms. The van der Waals surface area contributed by atoms with Gasteiger partial charge in [0.1, 0.15) is 0 Å². The molecule has 0 radical (unpaired) electrons. The number of benzene rings is 2. The summed E-state index contributed by atoms with van der Waals surface area (Å²) in [4.78, 5) is 25.2. The molecular weight excluding hydrogens is 332 g/mol. The lowest BCUT2D eigenvalue weighted by molar-refractivity contribution is -0.398. The summed E-state index contributed by atoms with van der Waals surface area (Å²) >= 11 is 5.82. The van der Waals surface area contributed by atoms with Crippen LogP contribution in [0.15, 0.2) is 47.3 Å². The molecule has 1 heterocycles. The molecule has 0 bridgehead atoms. The van der Waals surface area contributed by atoms with Crippen LogP contribution in [0.2, 0.25) is 5.02 Å². The van der Waals surface area contributed by atoms with Gasteiger partial charge in [-0.15, -0.1) is 0 Å². The van der Waals surface area contributed by atoms with E-state index >= 15 is 0 Å². The molecule has 1 N–H and O–H groups in total. The molecule has 0 atom stereocenters. The summed E-state index contributed by atoms with van der Waals surface area (Å²) in [5, 5.41) is 23.6. The number of nitrogens with zero attached hydrogens (tertiary/aromatic N) is 1. The smallest absolute Gasteiger partial charge is 0.263 e. The van der Waals surface area contributed by atoms with Gasteiger partial charge in [0.25, 0.3) is 5.69 Å². The standard InChI is InChI=1S/C17H11ClN2O4/c18-11-7-10(17(22)15(8-11)20(23)24)5-6-12-9-16(21)13-3-1-2-4-14(13)19-12/h1-9,22H,(H,19,21)/p-1/b6-5+. The van der Waals surface area contributed by atoms with Crippen LogP contribution in [0.5, 0.6) is 5.75 Å². The van der Waals surface area contributed by atoms with Crippen LogP contribution in [0.4, 0.5) is 5.69 Å². The molecule has 0 unspecified atom stereocenters. The Bertz CT molecular complexity index is 1040. The number of nitro groups is 1. The summed E-state index contributed by atoms with van der Waals surface area (Å²) < 4.78 is 0. The molecule has 0 aliphatic heterocycles. The van der Waals surface area contributed by atoms with Crippen molar-refractivity contribution in [2.75, 3.05) is 0 Å². The summed E-state index contributed by atoms with van der Waals surface area (Å²) in [5.74, 6) is -0.733. The average Bonchev–Trinajstić information content (AvgIpc) is 2.55. The highest BCUT2D eigenvalue weighted by molar-refractivity contribution is 6.31. The SMILES string of the molecule is O=c1cc(/C=C/c2cc(Cl)cc([N+](=O)[O-])c2[O-])[nH]c2ccccc12. The van der Waals surface area contributed by atoms with Crippen molar-refractivity contribution in [1.29, 1.82) is 0 Å². The van der Waals surface area contributed by atoms with E-state index in [4.69, 9.17) is 11.6 Å². The molecule has 3 aromatic rings. The number of nitrogens with one attached hydrogen (secondary N) is 1. The Morgan fingerprint density at radius 3 is 2.62 bits per heavy atom. The van der Waals surface area contributed by atoms with E-state index in [9.17, 15) is 20.0 Å². The van der Waals surface area contributed by atoms with Gasteiger partial charge in [0.05, 0.1) is 4.92 Å². The third kappa shape index (κ3) is 3.00. The Morgan fingerprint density at radius 2 is 1.88 bits per heavy atom. The third-order valence-corrected chi connectivity index (χ3v) is 3.68. The maximum Gasteiger partial charge on any atom is 0.263 e. The normalized spacial score (nSPS) is 11.2. The first-order chi connectivity index (χ1) is 11.5. The fourth-order valence-corrected chi connectivity index (χ4v) is 2.57. The number of para-hydroxylation sites is 1. The maximum absolute atomic E-state index is 12.0. The van der Waals surface area contributed by atoms with Crippen LogP contribution in [0, 0.1) is 10.1 Å². The zero-order chi connectivity index (χ0) is 17.3. The molecule has 0 aliphatic rings.